The Balaban J connectivity index is 1.46. The Morgan fingerprint density at radius 3 is 2.46 bits per heavy atom. The van der Waals surface area contributed by atoms with E-state index >= 15 is 0 Å². The van der Waals surface area contributed by atoms with Crippen LogP contribution in [0, 0.1) is 0 Å². The van der Waals surface area contributed by atoms with Gasteiger partial charge in [-0.15, -0.1) is 0 Å². The highest BCUT2D eigenvalue weighted by Crippen LogP contribution is 2.23. The fourth-order valence-electron chi connectivity index (χ4n) is 3.96. The Morgan fingerprint density at radius 2 is 1.78 bits per heavy atom. The Hall–Kier alpha value is -4.34. The lowest BCUT2D eigenvalue weighted by molar-refractivity contribution is -0.159. The standard InChI is InChI=1S/C27H26F2N4O4/c1-27(28,29)37-20-11-9-19(10-12-20)17-33-23(31-21-8-5-15-30-25(21)33)13-14-24(34)32-22(26(35)36)16-18-6-3-2-4-7-18/h2-12,15,22H,13-14,16-17H2,1H3,(H,32,34)(H,35,36)/t22-/m1/s1. The summed E-state index contributed by atoms with van der Waals surface area (Å²) in [6, 6.07) is 17.9. The molecule has 4 aromatic rings. The summed E-state index contributed by atoms with van der Waals surface area (Å²) < 4.78 is 32.7. The average molecular weight is 509 g/mol. The molecule has 0 radical (unpaired) electrons. The molecule has 2 aromatic heterocycles. The number of ether oxygens (including phenoxy) is 1. The molecule has 192 valence electrons. The molecule has 0 unspecified atom stereocenters. The Bertz CT molecular complexity index is 1370. The summed E-state index contributed by atoms with van der Waals surface area (Å²) in [4.78, 5) is 33.4. The highest BCUT2D eigenvalue weighted by atomic mass is 19.3. The van der Waals surface area contributed by atoms with Crippen LogP contribution in [0.5, 0.6) is 5.75 Å². The van der Waals surface area contributed by atoms with Gasteiger partial charge in [-0.1, -0.05) is 42.5 Å². The van der Waals surface area contributed by atoms with Gasteiger partial charge in [0.2, 0.25) is 5.91 Å². The number of carbonyl (C=O) groups excluding carboxylic acids is 1. The maximum absolute atomic E-state index is 13.1. The zero-order chi connectivity index (χ0) is 26.4. The first-order valence-corrected chi connectivity index (χ1v) is 11.7. The second-order valence-electron chi connectivity index (χ2n) is 8.66. The Labute approximate surface area is 211 Å². The lowest BCUT2D eigenvalue weighted by Gasteiger charge is -2.15. The Morgan fingerprint density at radius 1 is 1.05 bits per heavy atom. The van der Waals surface area contributed by atoms with Crippen molar-refractivity contribution >= 4 is 23.0 Å². The third-order valence-electron chi connectivity index (χ3n) is 5.64. The van der Waals surface area contributed by atoms with Crippen LogP contribution < -0.4 is 10.1 Å². The fraction of sp³-hybridized carbons (Fsp3) is 0.259. The highest BCUT2D eigenvalue weighted by Gasteiger charge is 2.23. The predicted molar refractivity (Wildman–Crippen MR) is 132 cm³/mol. The van der Waals surface area contributed by atoms with Crippen molar-refractivity contribution in [2.75, 3.05) is 0 Å². The van der Waals surface area contributed by atoms with Gasteiger partial charge in [0, 0.05) is 32.4 Å². The van der Waals surface area contributed by atoms with Crippen LogP contribution in [0.1, 0.15) is 30.3 Å². The number of carbonyl (C=O) groups is 2. The quantitative estimate of drug-likeness (QED) is 0.314. The maximum Gasteiger partial charge on any atom is 0.394 e. The number of imidazole rings is 1. The predicted octanol–water partition coefficient (Wildman–Crippen LogP) is 4.22. The molecular formula is C27H26F2N4O4. The number of aliphatic carboxylic acids is 1. The molecule has 1 atom stereocenters. The number of hydrogen-bond donors (Lipinski definition) is 2. The summed E-state index contributed by atoms with van der Waals surface area (Å²) in [7, 11) is 0. The smallest absolute Gasteiger partial charge is 0.394 e. The maximum atomic E-state index is 13.1. The van der Waals surface area contributed by atoms with Gasteiger partial charge in [0.1, 0.15) is 23.1 Å². The zero-order valence-corrected chi connectivity index (χ0v) is 20.1. The molecule has 0 aliphatic rings. The minimum absolute atomic E-state index is 0.0280. The van der Waals surface area contributed by atoms with E-state index in [9.17, 15) is 23.5 Å². The number of fused-ring (bicyclic) bond motifs is 1. The molecule has 2 aromatic carbocycles. The monoisotopic (exact) mass is 508 g/mol. The topological polar surface area (TPSA) is 106 Å². The van der Waals surface area contributed by atoms with Crippen LogP contribution in [0.2, 0.25) is 0 Å². The molecule has 0 fully saturated rings. The van der Waals surface area contributed by atoms with Crippen molar-refractivity contribution in [2.45, 2.75) is 44.9 Å². The van der Waals surface area contributed by atoms with Crippen LogP contribution >= 0.6 is 0 Å². The van der Waals surface area contributed by atoms with E-state index in [1.165, 1.54) is 12.1 Å². The Kier molecular flexibility index (Phi) is 7.76. The SMILES string of the molecule is CC(F)(F)Oc1ccc(Cn2c(CCC(=O)N[C@H](Cc3ccccc3)C(=O)O)nc3cccnc32)cc1. The van der Waals surface area contributed by atoms with Crippen molar-refractivity contribution < 1.29 is 28.2 Å². The van der Waals surface area contributed by atoms with Gasteiger partial charge in [-0.3, -0.25) is 4.79 Å². The first-order valence-electron chi connectivity index (χ1n) is 11.7. The minimum Gasteiger partial charge on any atom is -0.480 e. The van der Waals surface area contributed by atoms with Gasteiger partial charge in [0.25, 0.3) is 0 Å². The van der Waals surface area contributed by atoms with Crippen molar-refractivity contribution in [3.8, 4) is 5.75 Å². The molecule has 8 nitrogen and oxygen atoms in total. The van der Waals surface area contributed by atoms with Crippen LogP contribution in [0.4, 0.5) is 8.78 Å². The van der Waals surface area contributed by atoms with E-state index in [1.807, 2.05) is 41.0 Å². The first-order chi connectivity index (χ1) is 17.7. The van der Waals surface area contributed by atoms with Crippen molar-refractivity contribution in [1.29, 1.82) is 0 Å². The number of alkyl halides is 2. The van der Waals surface area contributed by atoms with Gasteiger partial charge < -0.3 is 19.7 Å². The fourth-order valence-corrected chi connectivity index (χ4v) is 3.96. The summed E-state index contributed by atoms with van der Waals surface area (Å²) >= 11 is 0. The van der Waals surface area contributed by atoms with Crippen molar-refractivity contribution in [2.24, 2.45) is 0 Å². The highest BCUT2D eigenvalue weighted by molar-refractivity contribution is 5.84. The number of rotatable bonds is 11. The lowest BCUT2D eigenvalue weighted by Crippen LogP contribution is -2.42. The minimum atomic E-state index is -3.28. The summed E-state index contributed by atoms with van der Waals surface area (Å²) in [5.74, 6) is -0.872. The molecule has 0 aliphatic heterocycles. The largest absolute Gasteiger partial charge is 0.480 e. The molecule has 0 aliphatic carbocycles. The normalized spacial score (nSPS) is 12.3. The summed E-state index contributed by atoms with van der Waals surface area (Å²) in [5.41, 5.74) is 2.88. The van der Waals surface area contributed by atoms with Crippen LogP contribution in [-0.4, -0.2) is 43.7 Å². The van der Waals surface area contributed by atoms with Gasteiger partial charge in [-0.05, 0) is 35.4 Å². The number of hydrogen-bond acceptors (Lipinski definition) is 5. The number of nitrogens with zero attached hydrogens (tertiary/aromatic N) is 3. The van der Waals surface area contributed by atoms with E-state index in [-0.39, 0.29) is 25.0 Å². The van der Waals surface area contributed by atoms with Crippen molar-refractivity contribution in [3.63, 3.8) is 0 Å². The summed E-state index contributed by atoms with van der Waals surface area (Å²) in [5, 5.41) is 12.2. The molecule has 1 amide bonds. The lowest BCUT2D eigenvalue weighted by atomic mass is 10.1. The molecule has 2 N–H and O–H groups in total. The van der Waals surface area contributed by atoms with E-state index < -0.39 is 24.0 Å². The number of pyridine rings is 1. The van der Waals surface area contributed by atoms with Gasteiger partial charge in [0.15, 0.2) is 5.65 Å². The molecule has 37 heavy (non-hydrogen) atoms. The number of nitrogens with one attached hydrogen (secondary N) is 1. The number of aryl methyl sites for hydroxylation is 1. The molecule has 0 bridgehead atoms. The van der Waals surface area contributed by atoms with Crippen LogP contribution in [0.25, 0.3) is 11.2 Å². The van der Waals surface area contributed by atoms with Crippen molar-refractivity contribution in [1.82, 2.24) is 19.9 Å². The number of benzene rings is 2. The third kappa shape index (κ3) is 7.09. The second-order valence-corrected chi connectivity index (χ2v) is 8.66. The number of carboxylic acids is 1. The summed E-state index contributed by atoms with van der Waals surface area (Å²) in [6.45, 7) is 1.02. The third-order valence-corrected chi connectivity index (χ3v) is 5.64. The average Bonchev–Trinajstić information content (AvgIpc) is 3.20. The van der Waals surface area contributed by atoms with Crippen LogP contribution in [0.15, 0.2) is 72.9 Å². The molecule has 0 spiro atoms. The van der Waals surface area contributed by atoms with E-state index in [2.05, 4.69) is 20.0 Å². The zero-order valence-electron chi connectivity index (χ0n) is 20.1. The van der Waals surface area contributed by atoms with E-state index in [4.69, 9.17) is 0 Å². The van der Waals surface area contributed by atoms with Crippen molar-refractivity contribution in [3.05, 3.63) is 89.9 Å². The van der Waals surface area contributed by atoms with Gasteiger partial charge in [-0.25, -0.2) is 14.8 Å². The molecular weight excluding hydrogens is 482 g/mol. The summed E-state index contributed by atoms with van der Waals surface area (Å²) in [6.07, 6.45) is -1.18. The number of halogens is 2. The van der Waals surface area contributed by atoms with Crippen LogP contribution in [-0.2, 0) is 29.0 Å². The van der Waals surface area contributed by atoms with Gasteiger partial charge in [-0.2, -0.15) is 8.78 Å². The first kappa shape index (κ1) is 25.7. The molecule has 2 heterocycles. The van der Waals surface area contributed by atoms with E-state index in [0.717, 1.165) is 11.1 Å². The van der Waals surface area contributed by atoms with Crippen LogP contribution in [0.3, 0.4) is 0 Å². The number of amides is 1. The molecule has 4 rings (SSSR count). The van der Waals surface area contributed by atoms with E-state index in [0.29, 0.717) is 30.5 Å². The molecule has 0 saturated heterocycles. The van der Waals surface area contributed by atoms with E-state index in [1.54, 1.807) is 24.4 Å². The second kappa shape index (κ2) is 11.2. The van der Waals surface area contributed by atoms with Gasteiger partial charge in [0.05, 0.1) is 6.54 Å². The van der Waals surface area contributed by atoms with Gasteiger partial charge >= 0.3 is 12.1 Å². The molecule has 0 saturated carbocycles. The number of carboxylic acid groups (broad SMARTS) is 1. The molecule has 10 heteroatoms. The number of aromatic nitrogens is 3.